The molecule has 0 spiro atoms. The molecule has 0 saturated carbocycles. The third-order valence-electron chi connectivity index (χ3n) is 5.49. The van der Waals surface area contributed by atoms with Crippen LogP contribution in [0, 0.1) is 11.8 Å². The standard InChI is InChI=1S/C28H17F3N4O2/c29-28(30,31)24-6-3-13-33-27(24)37-22-9-10-25-23(16-22)26(36)34-18-35(25)17-21-5-2-1-4-20(21)8-7-19-11-14-32-15-12-19/h1-6,9-16,18H,17H2. The van der Waals surface area contributed by atoms with Crippen molar-refractivity contribution in [1.82, 2.24) is 19.5 Å². The van der Waals surface area contributed by atoms with Crippen molar-refractivity contribution >= 4 is 10.9 Å². The predicted octanol–water partition coefficient (Wildman–Crippen LogP) is 5.45. The molecule has 0 aliphatic heterocycles. The Kier molecular flexibility index (Phi) is 6.39. The molecule has 0 fully saturated rings. The average Bonchev–Trinajstić information content (AvgIpc) is 2.90. The van der Waals surface area contributed by atoms with Crippen molar-refractivity contribution in [1.29, 1.82) is 0 Å². The normalized spacial score (nSPS) is 11.1. The summed E-state index contributed by atoms with van der Waals surface area (Å²) in [5.41, 5.74) is 1.54. The Hall–Kier alpha value is -4.97. The van der Waals surface area contributed by atoms with Gasteiger partial charge in [-0.15, -0.1) is 0 Å². The van der Waals surface area contributed by atoms with Crippen LogP contribution in [-0.2, 0) is 12.7 Å². The van der Waals surface area contributed by atoms with Crippen LogP contribution in [0.1, 0.15) is 22.3 Å². The average molecular weight is 498 g/mol. The molecule has 0 aliphatic carbocycles. The highest BCUT2D eigenvalue weighted by molar-refractivity contribution is 5.79. The molecule has 0 aliphatic rings. The minimum atomic E-state index is -4.64. The van der Waals surface area contributed by atoms with Gasteiger partial charge in [0, 0.05) is 29.7 Å². The van der Waals surface area contributed by atoms with Crippen LogP contribution >= 0.6 is 0 Å². The molecule has 5 rings (SSSR count). The minimum Gasteiger partial charge on any atom is -0.438 e. The van der Waals surface area contributed by atoms with Crippen LogP contribution in [0.4, 0.5) is 13.2 Å². The quantitative estimate of drug-likeness (QED) is 0.309. The van der Waals surface area contributed by atoms with E-state index >= 15 is 0 Å². The van der Waals surface area contributed by atoms with Crippen molar-refractivity contribution in [2.75, 3.05) is 0 Å². The van der Waals surface area contributed by atoms with E-state index in [2.05, 4.69) is 26.8 Å². The number of nitrogens with zero attached hydrogens (tertiary/aromatic N) is 4. The van der Waals surface area contributed by atoms with Crippen molar-refractivity contribution in [2.45, 2.75) is 12.7 Å². The number of rotatable bonds is 4. The van der Waals surface area contributed by atoms with E-state index in [1.807, 2.05) is 36.4 Å². The Balaban J connectivity index is 1.48. The van der Waals surface area contributed by atoms with Crippen LogP contribution in [0.15, 0.2) is 96.4 Å². The van der Waals surface area contributed by atoms with E-state index < -0.39 is 23.2 Å². The van der Waals surface area contributed by atoms with E-state index in [0.717, 1.165) is 22.8 Å². The maximum atomic E-state index is 13.3. The lowest BCUT2D eigenvalue weighted by Gasteiger charge is -2.14. The Morgan fingerprint density at radius 3 is 2.51 bits per heavy atom. The van der Waals surface area contributed by atoms with Gasteiger partial charge in [0.2, 0.25) is 5.88 Å². The van der Waals surface area contributed by atoms with Gasteiger partial charge in [-0.1, -0.05) is 30.0 Å². The smallest absolute Gasteiger partial charge is 0.421 e. The van der Waals surface area contributed by atoms with Crippen LogP contribution in [0.25, 0.3) is 10.9 Å². The van der Waals surface area contributed by atoms with Gasteiger partial charge in [0.15, 0.2) is 0 Å². The van der Waals surface area contributed by atoms with Gasteiger partial charge in [-0.3, -0.25) is 9.78 Å². The summed E-state index contributed by atoms with van der Waals surface area (Å²) >= 11 is 0. The van der Waals surface area contributed by atoms with E-state index in [9.17, 15) is 18.0 Å². The Bertz CT molecular complexity index is 1700. The lowest BCUT2D eigenvalue weighted by Crippen LogP contribution is -2.14. The predicted molar refractivity (Wildman–Crippen MR) is 131 cm³/mol. The fourth-order valence-electron chi connectivity index (χ4n) is 3.72. The second-order valence-electron chi connectivity index (χ2n) is 7.96. The summed E-state index contributed by atoms with van der Waals surface area (Å²) in [5.74, 6) is 5.72. The molecule has 0 radical (unpaired) electrons. The van der Waals surface area contributed by atoms with Gasteiger partial charge in [0.05, 0.1) is 23.8 Å². The summed E-state index contributed by atoms with van der Waals surface area (Å²) in [4.78, 5) is 24.2. The Morgan fingerprint density at radius 2 is 1.70 bits per heavy atom. The van der Waals surface area contributed by atoms with Crippen LogP contribution in [0.2, 0.25) is 0 Å². The van der Waals surface area contributed by atoms with Gasteiger partial charge in [0.1, 0.15) is 11.3 Å². The third kappa shape index (κ3) is 5.33. The van der Waals surface area contributed by atoms with Gasteiger partial charge in [-0.25, -0.2) is 4.98 Å². The molecule has 0 unspecified atom stereocenters. The van der Waals surface area contributed by atoms with Crippen molar-refractivity contribution in [2.24, 2.45) is 0 Å². The second-order valence-corrected chi connectivity index (χ2v) is 7.96. The Morgan fingerprint density at radius 1 is 0.892 bits per heavy atom. The van der Waals surface area contributed by atoms with E-state index in [1.54, 1.807) is 23.0 Å². The third-order valence-corrected chi connectivity index (χ3v) is 5.49. The van der Waals surface area contributed by atoms with Crippen molar-refractivity contribution < 1.29 is 17.9 Å². The monoisotopic (exact) mass is 498 g/mol. The van der Waals surface area contributed by atoms with Gasteiger partial charge in [-0.2, -0.15) is 18.2 Å². The molecule has 3 heterocycles. The van der Waals surface area contributed by atoms with Crippen LogP contribution in [0.5, 0.6) is 11.6 Å². The fraction of sp³-hybridized carbons (Fsp3) is 0.0714. The fourth-order valence-corrected chi connectivity index (χ4v) is 3.72. The zero-order valence-electron chi connectivity index (χ0n) is 19.1. The van der Waals surface area contributed by atoms with Gasteiger partial charge < -0.3 is 9.30 Å². The lowest BCUT2D eigenvalue weighted by atomic mass is 10.1. The van der Waals surface area contributed by atoms with Gasteiger partial charge >= 0.3 is 6.18 Å². The zero-order chi connectivity index (χ0) is 25.8. The largest absolute Gasteiger partial charge is 0.438 e. The molecule has 0 atom stereocenters. The summed E-state index contributed by atoms with van der Waals surface area (Å²) < 4.78 is 47.1. The first-order valence-corrected chi connectivity index (χ1v) is 11.1. The summed E-state index contributed by atoms with van der Waals surface area (Å²) in [7, 11) is 0. The molecule has 9 heteroatoms. The van der Waals surface area contributed by atoms with Crippen LogP contribution < -0.4 is 10.3 Å². The number of fused-ring (bicyclic) bond motifs is 1. The van der Waals surface area contributed by atoms with Crippen molar-refractivity contribution in [3.8, 4) is 23.5 Å². The second kappa shape index (κ2) is 9.95. The van der Waals surface area contributed by atoms with Crippen LogP contribution in [-0.4, -0.2) is 19.5 Å². The molecule has 0 bridgehead atoms. The SMILES string of the molecule is O=c1ncn(Cc2ccccc2C#Cc2ccncc2)c2ccc(Oc3ncccc3C(F)(F)F)cc12. The molecule has 182 valence electrons. The Labute approximate surface area is 209 Å². The molecule has 2 aromatic carbocycles. The first-order chi connectivity index (χ1) is 17.9. The van der Waals surface area contributed by atoms with Gasteiger partial charge in [-0.05, 0) is 54.1 Å². The first kappa shape index (κ1) is 23.8. The number of aromatic nitrogens is 4. The number of ether oxygens (including phenoxy) is 1. The number of pyridine rings is 2. The summed E-state index contributed by atoms with van der Waals surface area (Å²) in [5, 5.41) is 0.199. The van der Waals surface area contributed by atoms with Crippen LogP contribution in [0.3, 0.4) is 0 Å². The maximum Gasteiger partial charge on any atom is 0.421 e. The summed E-state index contributed by atoms with van der Waals surface area (Å²) in [6.07, 6.45) is 1.34. The molecular formula is C28H17F3N4O2. The summed E-state index contributed by atoms with van der Waals surface area (Å²) in [6.45, 7) is 0.365. The molecule has 3 aromatic heterocycles. The molecule has 0 amide bonds. The van der Waals surface area contributed by atoms with Crippen molar-refractivity contribution in [3.05, 3.63) is 124 Å². The number of alkyl halides is 3. The maximum absolute atomic E-state index is 13.3. The van der Waals surface area contributed by atoms with E-state index in [-0.39, 0.29) is 11.1 Å². The number of hydrogen-bond acceptors (Lipinski definition) is 5. The topological polar surface area (TPSA) is 69.9 Å². The number of halogens is 3. The molecule has 5 aromatic rings. The van der Waals surface area contributed by atoms with Crippen molar-refractivity contribution in [3.63, 3.8) is 0 Å². The first-order valence-electron chi connectivity index (χ1n) is 11.1. The van der Waals surface area contributed by atoms with E-state index in [0.29, 0.717) is 12.1 Å². The molecule has 37 heavy (non-hydrogen) atoms. The molecular weight excluding hydrogens is 481 g/mol. The summed E-state index contributed by atoms with van der Waals surface area (Å²) in [6, 6.07) is 17.8. The van der Waals surface area contributed by atoms with E-state index in [1.165, 1.54) is 30.7 Å². The highest BCUT2D eigenvalue weighted by Crippen LogP contribution is 2.36. The number of hydrogen-bond donors (Lipinski definition) is 0. The molecule has 0 saturated heterocycles. The minimum absolute atomic E-state index is 0.0389. The van der Waals surface area contributed by atoms with E-state index in [4.69, 9.17) is 4.74 Å². The van der Waals surface area contributed by atoms with Gasteiger partial charge in [0.25, 0.3) is 5.56 Å². The highest BCUT2D eigenvalue weighted by atomic mass is 19.4. The molecule has 6 nitrogen and oxygen atoms in total. The number of benzene rings is 2. The highest BCUT2D eigenvalue weighted by Gasteiger charge is 2.35. The zero-order valence-corrected chi connectivity index (χ0v) is 19.1. The molecule has 0 N–H and O–H groups in total. The lowest BCUT2D eigenvalue weighted by molar-refractivity contribution is -0.138.